The van der Waals surface area contributed by atoms with Crippen molar-refractivity contribution >= 4 is 15.9 Å². The van der Waals surface area contributed by atoms with Crippen molar-refractivity contribution in [2.45, 2.75) is 39.5 Å². The summed E-state index contributed by atoms with van der Waals surface area (Å²) in [6.45, 7) is 4.54. The Morgan fingerprint density at radius 3 is 2.22 bits per heavy atom. The van der Waals surface area contributed by atoms with Gasteiger partial charge in [0.1, 0.15) is 0 Å². The molecule has 1 atom stereocenters. The van der Waals surface area contributed by atoms with E-state index in [0.29, 0.717) is 0 Å². The lowest BCUT2D eigenvalue weighted by atomic mass is 9.98. The lowest BCUT2D eigenvalue weighted by Crippen LogP contribution is -1.97. The second kappa shape index (κ2) is 6.60. The van der Waals surface area contributed by atoms with Gasteiger partial charge in [0.15, 0.2) is 0 Å². The van der Waals surface area contributed by atoms with Crippen molar-refractivity contribution in [1.82, 2.24) is 0 Å². The molecular weight excluding hydrogens is 176 g/mol. The predicted octanol–water partition coefficient (Wildman–Crippen LogP) is 3.60. The molecule has 0 aromatic heterocycles. The fraction of sp³-hybridized carbons (Fsp3) is 1.00. The van der Waals surface area contributed by atoms with Crippen LogP contribution in [-0.4, -0.2) is 5.33 Å². The lowest BCUT2D eigenvalue weighted by molar-refractivity contribution is 0.455. The minimum atomic E-state index is 0.967. The molecule has 0 radical (unpaired) electrons. The fourth-order valence-electron chi connectivity index (χ4n) is 1.12. The van der Waals surface area contributed by atoms with E-state index in [-0.39, 0.29) is 0 Å². The summed E-state index contributed by atoms with van der Waals surface area (Å²) in [5, 5.41) is 1.17. The highest BCUT2D eigenvalue weighted by Gasteiger charge is 2.01. The molecule has 56 valence electrons. The molecule has 0 saturated carbocycles. The summed E-state index contributed by atoms with van der Waals surface area (Å²) < 4.78 is 0. The molecule has 0 spiro atoms. The smallest absolute Gasteiger partial charge is 0.00339 e. The Hall–Kier alpha value is 0.480. The number of halogens is 1. The molecule has 9 heavy (non-hydrogen) atoms. The van der Waals surface area contributed by atoms with Crippen molar-refractivity contribution < 1.29 is 0 Å². The Kier molecular flexibility index (Phi) is 6.95. The molecule has 0 N–H and O–H groups in total. The molecule has 1 heteroatoms. The van der Waals surface area contributed by atoms with E-state index in [1.54, 1.807) is 0 Å². The minimum absolute atomic E-state index is 0.967. The van der Waals surface area contributed by atoms with Gasteiger partial charge in [-0.2, -0.15) is 0 Å². The third kappa shape index (κ3) is 4.95. The van der Waals surface area contributed by atoms with Crippen molar-refractivity contribution in [3.63, 3.8) is 0 Å². The highest BCUT2D eigenvalue weighted by Crippen LogP contribution is 2.15. The monoisotopic (exact) mass is 192 g/mol. The first kappa shape index (κ1) is 9.48. The van der Waals surface area contributed by atoms with Gasteiger partial charge in [-0.3, -0.25) is 0 Å². The van der Waals surface area contributed by atoms with Crippen LogP contribution in [0.1, 0.15) is 39.5 Å². The van der Waals surface area contributed by atoms with E-state index in [1.807, 2.05) is 0 Å². The molecule has 0 aliphatic heterocycles. The van der Waals surface area contributed by atoms with Crippen LogP contribution in [0, 0.1) is 5.92 Å². The van der Waals surface area contributed by atoms with E-state index in [0.717, 1.165) is 5.92 Å². The van der Waals surface area contributed by atoms with Crippen LogP contribution >= 0.6 is 15.9 Å². The summed E-state index contributed by atoms with van der Waals surface area (Å²) >= 11 is 3.46. The Balaban J connectivity index is 3.18. The summed E-state index contributed by atoms with van der Waals surface area (Å²) in [7, 11) is 0. The highest BCUT2D eigenvalue weighted by molar-refractivity contribution is 9.09. The summed E-state index contributed by atoms with van der Waals surface area (Å²) in [4.78, 5) is 0. The van der Waals surface area contributed by atoms with Gasteiger partial charge in [-0.1, -0.05) is 49.0 Å². The number of alkyl halides is 1. The van der Waals surface area contributed by atoms with Gasteiger partial charge in [0.05, 0.1) is 0 Å². The largest absolute Gasteiger partial charge is 0.0928 e. The minimum Gasteiger partial charge on any atom is -0.0928 e. The highest BCUT2D eigenvalue weighted by atomic mass is 79.9. The van der Waals surface area contributed by atoms with E-state index >= 15 is 0 Å². The second-order valence-electron chi connectivity index (χ2n) is 2.54. The Bertz CT molecular complexity index is 46.5. The van der Waals surface area contributed by atoms with Crippen LogP contribution < -0.4 is 0 Å². The van der Waals surface area contributed by atoms with Crippen LogP contribution in [0.2, 0.25) is 0 Å². The first-order chi connectivity index (χ1) is 4.35. The van der Waals surface area contributed by atoms with Gasteiger partial charge in [-0.15, -0.1) is 0 Å². The maximum absolute atomic E-state index is 3.46. The van der Waals surface area contributed by atoms with Gasteiger partial charge in [0.2, 0.25) is 0 Å². The van der Waals surface area contributed by atoms with Gasteiger partial charge in [-0.05, 0) is 12.3 Å². The predicted molar refractivity (Wildman–Crippen MR) is 47.1 cm³/mol. The van der Waals surface area contributed by atoms with Crippen molar-refractivity contribution in [2.24, 2.45) is 5.92 Å². The number of hydrogen-bond acceptors (Lipinski definition) is 0. The first-order valence-corrected chi connectivity index (χ1v) is 5.03. The molecule has 0 rings (SSSR count). The van der Waals surface area contributed by atoms with Crippen LogP contribution in [-0.2, 0) is 0 Å². The number of rotatable bonds is 5. The van der Waals surface area contributed by atoms with E-state index < -0.39 is 0 Å². The van der Waals surface area contributed by atoms with Crippen molar-refractivity contribution in [3.05, 3.63) is 0 Å². The zero-order valence-corrected chi connectivity index (χ0v) is 8.08. The van der Waals surface area contributed by atoms with E-state index in [9.17, 15) is 0 Å². The molecule has 0 aromatic carbocycles. The maximum Gasteiger partial charge on any atom is 0.00339 e. The average Bonchev–Trinajstić information content (AvgIpc) is 1.88. The van der Waals surface area contributed by atoms with Crippen LogP contribution in [0.5, 0.6) is 0 Å². The van der Waals surface area contributed by atoms with E-state index in [1.165, 1.54) is 31.0 Å². The van der Waals surface area contributed by atoms with Gasteiger partial charge in [-0.25, -0.2) is 0 Å². The summed E-state index contributed by atoms with van der Waals surface area (Å²) in [5.74, 6) is 0.967. The molecule has 1 unspecified atom stereocenters. The molecule has 0 heterocycles. The molecule has 0 fully saturated rings. The zero-order valence-electron chi connectivity index (χ0n) is 6.49. The zero-order chi connectivity index (χ0) is 7.11. The third-order valence-corrected chi connectivity index (χ3v) is 2.25. The topological polar surface area (TPSA) is 0 Å². The quantitative estimate of drug-likeness (QED) is 0.585. The van der Waals surface area contributed by atoms with Crippen LogP contribution in [0.15, 0.2) is 0 Å². The van der Waals surface area contributed by atoms with Gasteiger partial charge in [0, 0.05) is 5.33 Å². The molecule has 0 amide bonds. The van der Waals surface area contributed by atoms with E-state index in [2.05, 4.69) is 29.8 Å². The molecule has 0 nitrogen and oxygen atoms in total. The summed E-state index contributed by atoms with van der Waals surface area (Å²) in [5.41, 5.74) is 0. The van der Waals surface area contributed by atoms with Crippen molar-refractivity contribution in [3.8, 4) is 0 Å². The molecular formula is C8H17Br. The van der Waals surface area contributed by atoms with Gasteiger partial charge >= 0.3 is 0 Å². The summed E-state index contributed by atoms with van der Waals surface area (Å²) in [6, 6.07) is 0. The van der Waals surface area contributed by atoms with E-state index in [4.69, 9.17) is 0 Å². The lowest BCUT2D eigenvalue weighted by Gasteiger charge is -2.10. The first-order valence-electron chi connectivity index (χ1n) is 3.91. The normalized spacial score (nSPS) is 13.7. The standard InChI is InChI=1S/C8H17Br/c1-3-5-8(4-2)6-7-9/h8H,3-7H2,1-2H3. The molecule has 0 aromatic rings. The molecule has 0 bridgehead atoms. The molecule has 0 aliphatic carbocycles. The average molecular weight is 193 g/mol. The van der Waals surface area contributed by atoms with Crippen LogP contribution in [0.25, 0.3) is 0 Å². The Morgan fingerprint density at radius 2 is 1.89 bits per heavy atom. The third-order valence-electron chi connectivity index (χ3n) is 1.79. The SMILES string of the molecule is CCCC(CC)CCBr. The van der Waals surface area contributed by atoms with Crippen LogP contribution in [0.4, 0.5) is 0 Å². The fourth-order valence-corrected chi connectivity index (χ4v) is 1.76. The number of hydrogen-bond donors (Lipinski definition) is 0. The van der Waals surface area contributed by atoms with Gasteiger partial charge in [0.25, 0.3) is 0 Å². The van der Waals surface area contributed by atoms with Crippen LogP contribution in [0.3, 0.4) is 0 Å². The van der Waals surface area contributed by atoms with Crippen molar-refractivity contribution in [2.75, 3.05) is 5.33 Å². The Morgan fingerprint density at radius 1 is 1.22 bits per heavy atom. The molecule has 0 aliphatic rings. The second-order valence-corrected chi connectivity index (χ2v) is 3.33. The molecule has 0 saturated heterocycles. The maximum atomic E-state index is 3.46. The van der Waals surface area contributed by atoms with Crippen molar-refractivity contribution in [1.29, 1.82) is 0 Å². The summed E-state index contributed by atoms with van der Waals surface area (Å²) in [6.07, 6.45) is 5.44. The van der Waals surface area contributed by atoms with Gasteiger partial charge < -0.3 is 0 Å². The Labute approximate surface area is 67.2 Å².